The molecule has 0 aliphatic heterocycles. The van der Waals surface area contributed by atoms with Crippen molar-refractivity contribution in [3.05, 3.63) is 63.0 Å². The lowest BCUT2D eigenvalue weighted by molar-refractivity contribution is 0.283. The molecule has 0 aliphatic carbocycles. The summed E-state index contributed by atoms with van der Waals surface area (Å²) in [6, 6.07) is 9.04. The molecule has 4 nitrogen and oxygen atoms in total. The fraction of sp³-hybridized carbons (Fsp3) is 0.278. The van der Waals surface area contributed by atoms with Crippen molar-refractivity contribution in [1.29, 1.82) is 0 Å². The monoisotopic (exact) mass is 330 g/mol. The van der Waals surface area contributed by atoms with Gasteiger partial charge in [0.05, 0.1) is 12.2 Å². The van der Waals surface area contributed by atoms with Crippen LogP contribution in [0.15, 0.2) is 41.3 Å². The van der Waals surface area contributed by atoms with E-state index >= 15 is 0 Å². The highest BCUT2D eigenvalue weighted by molar-refractivity contribution is 6.30. The Morgan fingerprint density at radius 1 is 1.39 bits per heavy atom. The molecule has 0 fully saturated rings. The largest absolute Gasteiger partial charge is 0.503 e. The van der Waals surface area contributed by atoms with Crippen LogP contribution in [0.4, 0.5) is 0 Å². The number of halogens is 1. The van der Waals surface area contributed by atoms with E-state index in [1.165, 1.54) is 6.07 Å². The second kappa shape index (κ2) is 7.87. The van der Waals surface area contributed by atoms with Gasteiger partial charge in [0.2, 0.25) is 5.43 Å². The zero-order chi connectivity index (χ0) is 16.8. The van der Waals surface area contributed by atoms with Crippen molar-refractivity contribution in [2.24, 2.45) is 0 Å². The van der Waals surface area contributed by atoms with E-state index in [2.05, 4.69) is 10.8 Å². The average Bonchev–Trinajstić information content (AvgIpc) is 2.52. The summed E-state index contributed by atoms with van der Waals surface area (Å²) in [5.41, 5.74) is 1.28. The van der Waals surface area contributed by atoms with E-state index < -0.39 is 0 Å². The van der Waals surface area contributed by atoms with Crippen molar-refractivity contribution in [2.75, 3.05) is 13.1 Å². The molecule has 0 unspecified atom stereocenters. The van der Waals surface area contributed by atoms with E-state index in [-0.39, 0.29) is 11.2 Å². The van der Waals surface area contributed by atoms with E-state index in [9.17, 15) is 9.90 Å². The maximum absolute atomic E-state index is 11.4. The molecule has 0 amide bonds. The van der Waals surface area contributed by atoms with Crippen molar-refractivity contribution in [1.82, 2.24) is 9.47 Å². The van der Waals surface area contributed by atoms with Crippen LogP contribution >= 0.6 is 11.6 Å². The Morgan fingerprint density at radius 3 is 2.87 bits per heavy atom. The molecule has 1 aromatic carbocycles. The van der Waals surface area contributed by atoms with Crippen LogP contribution in [0.1, 0.15) is 11.3 Å². The molecule has 2 rings (SSSR count). The number of pyridine rings is 1. The Bertz CT molecular complexity index is 777. The van der Waals surface area contributed by atoms with Gasteiger partial charge < -0.3 is 9.67 Å². The van der Waals surface area contributed by atoms with Gasteiger partial charge in [0.1, 0.15) is 0 Å². The molecule has 120 valence electrons. The van der Waals surface area contributed by atoms with E-state index in [0.29, 0.717) is 36.9 Å². The van der Waals surface area contributed by atoms with Gasteiger partial charge in [-0.25, -0.2) is 0 Å². The first-order valence-corrected chi connectivity index (χ1v) is 7.68. The second-order valence-electron chi connectivity index (χ2n) is 5.35. The minimum absolute atomic E-state index is 0.203. The van der Waals surface area contributed by atoms with Crippen LogP contribution in [0.3, 0.4) is 0 Å². The highest BCUT2D eigenvalue weighted by atomic mass is 35.5. The lowest BCUT2D eigenvalue weighted by Crippen LogP contribution is -2.28. The summed E-state index contributed by atoms with van der Waals surface area (Å²) < 4.78 is 1.85. The van der Waals surface area contributed by atoms with E-state index in [4.69, 9.17) is 18.0 Å². The third kappa shape index (κ3) is 4.62. The van der Waals surface area contributed by atoms with Crippen molar-refractivity contribution < 1.29 is 5.11 Å². The second-order valence-corrected chi connectivity index (χ2v) is 5.79. The first kappa shape index (κ1) is 17.1. The highest BCUT2D eigenvalue weighted by Crippen LogP contribution is 2.13. The Hall–Kier alpha value is -2.22. The molecule has 5 heteroatoms. The van der Waals surface area contributed by atoms with Gasteiger partial charge in [-0.1, -0.05) is 29.7 Å². The summed E-state index contributed by atoms with van der Waals surface area (Å²) in [4.78, 5) is 13.5. The summed E-state index contributed by atoms with van der Waals surface area (Å²) >= 11 is 6.01. The quantitative estimate of drug-likeness (QED) is 0.828. The van der Waals surface area contributed by atoms with Gasteiger partial charge in [-0.3, -0.25) is 9.69 Å². The molecule has 1 N–H and O–H groups in total. The number of rotatable bonds is 6. The topological polar surface area (TPSA) is 45.5 Å². The molecule has 0 radical (unpaired) electrons. The number of hydrogen-bond donors (Lipinski definition) is 1. The van der Waals surface area contributed by atoms with E-state index in [0.717, 1.165) is 5.56 Å². The molecule has 0 saturated heterocycles. The fourth-order valence-corrected chi connectivity index (χ4v) is 2.60. The van der Waals surface area contributed by atoms with Crippen molar-refractivity contribution >= 4 is 11.6 Å². The summed E-state index contributed by atoms with van der Waals surface area (Å²) in [5, 5.41) is 10.4. The first-order valence-electron chi connectivity index (χ1n) is 7.30. The average molecular weight is 331 g/mol. The molecular formula is C18H19ClN2O2. The number of benzene rings is 1. The summed E-state index contributed by atoms with van der Waals surface area (Å²) in [5.74, 6) is 2.46. The zero-order valence-electron chi connectivity index (χ0n) is 13.0. The van der Waals surface area contributed by atoms with Gasteiger partial charge in [-0.05, 0) is 24.6 Å². The molecule has 1 heterocycles. The standard InChI is InChI=1S/C18H19ClN2O2/c1-3-8-20(13-15-5-4-6-16(19)12-15)10-11-21-9-7-17(22)18(23)14(21)2/h1,4-7,9,12,23H,8,10-11,13H2,2H3. The van der Waals surface area contributed by atoms with Gasteiger partial charge in [0, 0.05) is 36.9 Å². The first-order chi connectivity index (χ1) is 11.0. The van der Waals surface area contributed by atoms with Crippen molar-refractivity contribution in [3.63, 3.8) is 0 Å². The Morgan fingerprint density at radius 2 is 2.17 bits per heavy atom. The van der Waals surface area contributed by atoms with E-state index in [1.54, 1.807) is 13.1 Å². The van der Waals surface area contributed by atoms with Gasteiger partial charge in [0.15, 0.2) is 5.75 Å². The molecule has 0 saturated carbocycles. The maximum atomic E-state index is 11.4. The predicted molar refractivity (Wildman–Crippen MR) is 92.7 cm³/mol. The number of hydrogen-bond acceptors (Lipinski definition) is 3. The summed E-state index contributed by atoms with van der Waals surface area (Å²) in [6.07, 6.45) is 7.14. The van der Waals surface area contributed by atoms with Crippen molar-refractivity contribution in [2.45, 2.75) is 20.0 Å². The normalized spacial score (nSPS) is 10.7. The Kier molecular flexibility index (Phi) is 5.86. The molecular weight excluding hydrogens is 312 g/mol. The lowest BCUT2D eigenvalue weighted by Gasteiger charge is -2.21. The number of aromatic hydroxyl groups is 1. The third-order valence-electron chi connectivity index (χ3n) is 3.68. The minimum Gasteiger partial charge on any atom is -0.503 e. The van der Waals surface area contributed by atoms with Crippen LogP contribution in [-0.4, -0.2) is 27.7 Å². The van der Waals surface area contributed by atoms with Crippen LogP contribution in [-0.2, 0) is 13.1 Å². The van der Waals surface area contributed by atoms with Gasteiger partial charge in [0.25, 0.3) is 0 Å². The molecule has 0 aliphatic rings. The highest BCUT2D eigenvalue weighted by Gasteiger charge is 2.09. The number of aromatic nitrogens is 1. The van der Waals surface area contributed by atoms with E-state index in [1.807, 2.05) is 28.8 Å². The SMILES string of the molecule is C#CCN(CCn1ccc(=O)c(O)c1C)Cc1cccc(Cl)c1. The Labute approximate surface area is 140 Å². The van der Waals surface area contributed by atoms with Crippen molar-refractivity contribution in [3.8, 4) is 18.1 Å². The van der Waals surface area contributed by atoms with Crippen LogP contribution in [0.2, 0.25) is 5.02 Å². The minimum atomic E-state index is -0.363. The zero-order valence-corrected chi connectivity index (χ0v) is 13.8. The smallest absolute Gasteiger partial charge is 0.223 e. The predicted octanol–water partition coefficient (Wildman–Crippen LogP) is 2.65. The van der Waals surface area contributed by atoms with Gasteiger partial charge in [-0.2, -0.15) is 0 Å². The molecule has 2 aromatic rings. The maximum Gasteiger partial charge on any atom is 0.223 e. The molecule has 1 aromatic heterocycles. The number of nitrogens with zero attached hydrogens (tertiary/aromatic N) is 2. The number of terminal acetylenes is 1. The fourth-order valence-electron chi connectivity index (χ4n) is 2.39. The van der Waals surface area contributed by atoms with Crippen LogP contribution < -0.4 is 5.43 Å². The molecule has 0 spiro atoms. The van der Waals surface area contributed by atoms with Gasteiger partial charge >= 0.3 is 0 Å². The molecule has 0 bridgehead atoms. The summed E-state index contributed by atoms with van der Waals surface area (Å²) in [6.45, 7) is 4.24. The van der Waals surface area contributed by atoms with Crippen LogP contribution in [0.5, 0.6) is 5.75 Å². The van der Waals surface area contributed by atoms with Crippen LogP contribution in [0, 0.1) is 19.3 Å². The molecule has 23 heavy (non-hydrogen) atoms. The third-order valence-corrected chi connectivity index (χ3v) is 3.92. The van der Waals surface area contributed by atoms with Gasteiger partial charge in [-0.15, -0.1) is 6.42 Å². The molecule has 0 atom stereocenters. The van der Waals surface area contributed by atoms with Crippen LogP contribution in [0.25, 0.3) is 0 Å². The Balaban J connectivity index is 2.07. The lowest BCUT2D eigenvalue weighted by atomic mass is 10.2. The summed E-state index contributed by atoms with van der Waals surface area (Å²) in [7, 11) is 0.